The molecule has 0 fully saturated rings. The number of hydrazine groups is 1. The van der Waals surface area contributed by atoms with Crippen LogP contribution in [0.5, 0.6) is 0 Å². The van der Waals surface area contributed by atoms with Crippen molar-refractivity contribution in [2.45, 2.75) is 6.42 Å². The molecule has 0 aliphatic carbocycles. The van der Waals surface area contributed by atoms with E-state index in [1.807, 2.05) is 0 Å². The van der Waals surface area contributed by atoms with Crippen LogP contribution in [0.3, 0.4) is 0 Å². The first-order chi connectivity index (χ1) is 9.22. The van der Waals surface area contributed by atoms with Gasteiger partial charge in [-0.3, -0.25) is 25.0 Å². The van der Waals surface area contributed by atoms with Crippen molar-refractivity contribution in [2.75, 3.05) is 0 Å². The maximum atomic E-state index is 11.6. The van der Waals surface area contributed by atoms with Gasteiger partial charge in [-0.25, -0.2) is 10.9 Å². The number of amides is 1. The van der Waals surface area contributed by atoms with Crippen LogP contribution in [-0.4, -0.2) is 25.9 Å². The number of benzene rings is 1. The number of carbonyl (C=O) groups excluding carboxylic acids is 1. The molecule has 0 aromatic heterocycles. The Labute approximate surface area is 117 Å². The molecule has 0 aliphatic rings. The second-order valence-electron chi connectivity index (χ2n) is 3.65. The van der Waals surface area contributed by atoms with Crippen molar-refractivity contribution in [1.82, 2.24) is 5.01 Å². The number of nitro groups is 2. The van der Waals surface area contributed by atoms with Gasteiger partial charge in [-0.05, 0) is 17.8 Å². The lowest BCUT2D eigenvalue weighted by atomic mass is 10.1. The molecular weight excluding hydrogens is 290 g/mol. The zero-order valence-electron chi connectivity index (χ0n) is 9.88. The van der Waals surface area contributed by atoms with Crippen LogP contribution in [0, 0.1) is 20.2 Å². The van der Waals surface area contributed by atoms with E-state index in [2.05, 4.69) is 12.2 Å². The Morgan fingerprint density at radius 2 is 1.65 bits per heavy atom. The predicted octanol–water partition coefficient (Wildman–Crippen LogP) is -0.00860. The maximum Gasteiger partial charge on any atom is 0.276 e. The molecule has 0 aliphatic heterocycles. The Morgan fingerprint density at radius 1 is 1.20 bits per heavy atom. The molecule has 106 valence electrons. The van der Waals surface area contributed by atoms with Crippen LogP contribution in [0.2, 0.25) is 0 Å². The first-order valence-corrected chi connectivity index (χ1v) is 5.43. The summed E-state index contributed by atoms with van der Waals surface area (Å²) >= 11 is 4.49. The average molecular weight is 299 g/mol. The third-order valence-corrected chi connectivity index (χ3v) is 2.44. The van der Waals surface area contributed by atoms with Gasteiger partial charge < -0.3 is 5.73 Å². The van der Waals surface area contributed by atoms with E-state index < -0.39 is 33.5 Å². The normalized spacial score (nSPS) is 9.85. The minimum atomic E-state index is -0.797. The molecule has 20 heavy (non-hydrogen) atoms. The Bertz CT molecular complexity index is 572. The molecule has 0 saturated heterocycles. The van der Waals surface area contributed by atoms with Gasteiger partial charge in [0.1, 0.15) is 0 Å². The molecule has 1 aromatic carbocycles. The number of non-ortho nitro benzene ring substituents is 2. The molecule has 1 rings (SSSR count). The van der Waals surface area contributed by atoms with Crippen molar-refractivity contribution in [1.29, 1.82) is 0 Å². The van der Waals surface area contributed by atoms with Crippen molar-refractivity contribution in [2.24, 2.45) is 11.6 Å². The van der Waals surface area contributed by atoms with E-state index in [4.69, 9.17) is 11.6 Å². The summed E-state index contributed by atoms with van der Waals surface area (Å²) in [4.78, 5) is 31.4. The fourth-order valence-electron chi connectivity index (χ4n) is 1.35. The molecule has 1 amide bonds. The molecule has 11 heteroatoms. The first-order valence-electron chi connectivity index (χ1n) is 5.02. The molecule has 0 unspecified atom stereocenters. The van der Waals surface area contributed by atoms with Crippen LogP contribution in [0.15, 0.2) is 18.2 Å². The highest BCUT2D eigenvalue weighted by molar-refractivity contribution is 7.80. The van der Waals surface area contributed by atoms with E-state index >= 15 is 0 Å². The lowest BCUT2D eigenvalue weighted by molar-refractivity contribution is -0.394. The highest BCUT2D eigenvalue weighted by Crippen LogP contribution is 2.23. The Morgan fingerprint density at radius 3 is 2.00 bits per heavy atom. The Balaban J connectivity index is 3.12. The molecule has 0 atom stereocenters. The van der Waals surface area contributed by atoms with Gasteiger partial charge >= 0.3 is 0 Å². The molecule has 1 aromatic rings. The molecule has 0 radical (unpaired) electrons. The molecule has 4 N–H and O–H groups in total. The van der Waals surface area contributed by atoms with Crippen molar-refractivity contribution in [3.8, 4) is 0 Å². The van der Waals surface area contributed by atoms with Crippen molar-refractivity contribution in [3.05, 3.63) is 44.0 Å². The van der Waals surface area contributed by atoms with E-state index in [1.54, 1.807) is 0 Å². The third kappa shape index (κ3) is 3.66. The summed E-state index contributed by atoms with van der Waals surface area (Å²) in [6.07, 6.45) is -0.406. The second kappa shape index (κ2) is 5.99. The molecular formula is C9H9N5O5S. The van der Waals surface area contributed by atoms with Crippen LogP contribution < -0.4 is 11.6 Å². The highest BCUT2D eigenvalue weighted by atomic mass is 32.1. The predicted molar refractivity (Wildman–Crippen MR) is 71.3 cm³/mol. The van der Waals surface area contributed by atoms with Gasteiger partial charge in [0.2, 0.25) is 5.91 Å². The van der Waals surface area contributed by atoms with Gasteiger partial charge in [0.25, 0.3) is 11.4 Å². The van der Waals surface area contributed by atoms with E-state index in [-0.39, 0.29) is 10.7 Å². The van der Waals surface area contributed by atoms with Gasteiger partial charge in [0, 0.05) is 12.1 Å². The summed E-state index contributed by atoms with van der Waals surface area (Å²) in [7, 11) is 0. The molecule has 10 nitrogen and oxygen atoms in total. The molecule has 0 bridgehead atoms. The smallest absolute Gasteiger partial charge is 0.276 e. The number of carbonyl (C=O) groups is 1. The fraction of sp³-hybridized carbons (Fsp3) is 0.111. The van der Waals surface area contributed by atoms with Crippen LogP contribution >= 0.6 is 12.2 Å². The summed E-state index contributed by atoms with van der Waals surface area (Å²) in [5, 5.41) is 21.5. The van der Waals surface area contributed by atoms with Gasteiger partial charge in [-0.2, -0.15) is 0 Å². The summed E-state index contributed by atoms with van der Waals surface area (Å²) in [5.74, 6) is 4.51. The number of thiocarbonyl (C=S) groups is 1. The maximum absolute atomic E-state index is 11.6. The first kappa shape index (κ1) is 15.4. The van der Waals surface area contributed by atoms with E-state index in [1.165, 1.54) is 0 Å². The second-order valence-corrected chi connectivity index (χ2v) is 4.07. The zero-order valence-corrected chi connectivity index (χ0v) is 10.7. The summed E-state index contributed by atoms with van der Waals surface area (Å²) in [6.45, 7) is 0. The number of hydrogen-bond donors (Lipinski definition) is 2. The Hall–Kier alpha value is -2.66. The van der Waals surface area contributed by atoms with Crippen molar-refractivity contribution >= 4 is 34.6 Å². The minimum absolute atomic E-state index is 0.0580. The largest absolute Gasteiger partial charge is 0.375 e. The summed E-state index contributed by atoms with van der Waals surface area (Å²) < 4.78 is 0. The fourth-order valence-corrected chi connectivity index (χ4v) is 1.45. The summed E-state index contributed by atoms with van der Waals surface area (Å²) in [6, 6.07) is 2.87. The van der Waals surface area contributed by atoms with E-state index in [0.717, 1.165) is 18.2 Å². The summed E-state index contributed by atoms with van der Waals surface area (Å²) in [5.41, 5.74) is 4.20. The average Bonchev–Trinajstić information content (AvgIpc) is 2.36. The quantitative estimate of drug-likeness (QED) is 0.258. The van der Waals surface area contributed by atoms with Gasteiger partial charge in [0.15, 0.2) is 5.11 Å². The van der Waals surface area contributed by atoms with Crippen LogP contribution in [0.4, 0.5) is 11.4 Å². The standard InChI is InChI=1S/C9H9N5O5S/c10-9(20)12(11)8(15)3-5-1-6(13(16)17)4-7(2-5)14(18)19/h1-2,4H,3,11H2,(H2,10,20). The van der Waals surface area contributed by atoms with E-state index in [9.17, 15) is 25.0 Å². The highest BCUT2D eigenvalue weighted by Gasteiger charge is 2.19. The van der Waals surface area contributed by atoms with Gasteiger partial charge in [0.05, 0.1) is 22.3 Å². The van der Waals surface area contributed by atoms with Crippen molar-refractivity contribution < 1.29 is 14.6 Å². The van der Waals surface area contributed by atoms with Gasteiger partial charge in [-0.1, -0.05) is 0 Å². The zero-order chi connectivity index (χ0) is 15.4. The Kier molecular flexibility index (Phi) is 4.61. The minimum Gasteiger partial charge on any atom is -0.375 e. The van der Waals surface area contributed by atoms with Crippen LogP contribution in [0.25, 0.3) is 0 Å². The molecule has 0 spiro atoms. The van der Waals surface area contributed by atoms with Crippen molar-refractivity contribution in [3.63, 3.8) is 0 Å². The lowest BCUT2D eigenvalue weighted by Crippen LogP contribution is -2.46. The lowest BCUT2D eigenvalue weighted by Gasteiger charge is -2.13. The van der Waals surface area contributed by atoms with E-state index in [0.29, 0.717) is 5.01 Å². The molecule has 0 saturated carbocycles. The number of rotatable bonds is 4. The monoisotopic (exact) mass is 299 g/mol. The van der Waals surface area contributed by atoms with Crippen LogP contribution in [0.1, 0.15) is 5.56 Å². The van der Waals surface area contributed by atoms with Crippen LogP contribution in [-0.2, 0) is 11.2 Å². The molecule has 0 heterocycles. The number of hydrogen-bond acceptors (Lipinski definition) is 7. The topological polar surface area (TPSA) is 159 Å². The number of nitrogens with two attached hydrogens (primary N) is 2. The third-order valence-electron chi connectivity index (χ3n) is 2.25. The number of nitrogens with zero attached hydrogens (tertiary/aromatic N) is 3. The number of nitro benzene ring substituents is 2. The SMILES string of the molecule is NC(=S)N(N)C(=O)Cc1cc([N+](=O)[O-])cc([N+](=O)[O-])c1. The van der Waals surface area contributed by atoms with Gasteiger partial charge in [-0.15, -0.1) is 0 Å².